The lowest BCUT2D eigenvalue weighted by Crippen LogP contribution is -2.32. The molecule has 1 saturated heterocycles. The number of hydrogen-bond donors (Lipinski definition) is 1. The van der Waals surface area contributed by atoms with E-state index in [1.807, 2.05) is 56.3 Å². The van der Waals surface area contributed by atoms with Crippen molar-refractivity contribution >= 4 is 29.1 Å². The van der Waals surface area contributed by atoms with E-state index in [1.54, 1.807) is 28.9 Å². The standard InChI is InChI=1S/C26H27ClN4O3/c1-17-21(16-28-31(17)20-8-5-4-6-9-20)24(32)22-23(18-10-12-19(27)13-11-18)30(26(34)25(22)33)15-7-14-29(2)3/h4-6,8-13,16,23,32H,7,14-15H2,1-3H3/b24-22+/t23-/m1/s1. The first-order valence-corrected chi connectivity index (χ1v) is 11.5. The van der Waals surface area contributed by atoms with E-state index in [1.165, 1.54) is 11.1 Å². The first kappa shape index (κ1) is 23.7. The van der Waals surface area contributed by atoms with E-state index in [9.17, 15) is 14.7 Å². The molecule has 34 heavy (non-hydrogen) atoms. The number of aliphatic hydroxyl groups excluding tert-OH is 1. The molecule has 1 fully saturated rings. The highest BCUT2D eigenvalue weighted by atomic mass is 35.5. The van der Waals surface area contributed by atoms with Crippen molar-refractivity contribution in [3.05, 3.63) is 88.2 Å². The van der Waals surface area contributed by atoms with Gasteiger partial charge in [-0.15, -0.1) is 0 Å². The van der Waals surface area contributed by atoms with Crippen molar-refractivity contribution < 1.29 is 14.7 Å². The number of hydrogen-bond acceptors (Lipinski definition) is 5. The number of halogens is 1. The maximum Gasteiger partial charge on any atom is 0.295 e. The lowest BCUT2D eigenvalue weighted by Gasteiger charge is -2.26. The van der Waals surface area contributed by atoms with Crippen molar-refractivity contribution in [2.75, 3.05) is 27.2 Å². The highest BCUT2D eigenvalue weighted by Gasteiger charge is 2.46. The van der Waals surface area contributed by atoms with Crippen LogP contribution >= 0.6 is 11.6 Å². The summed E-state index contributed by atoms with van der Waals surface area (Å²) in [7, 11) is 3.91. The summed E-state index contributed by atoms with van der Waals surface area (Å²) in [5.74, 6) is -1.55. The van der Waals surface area contributed by atoms with E-state index in [2.05, 4.69) is 5.10 Å². The fourth-order valence-electron chi connectivity index (χ4n) is 4.28. The van der Waals surface area contributed by atoms with Gasteiger partial charge in [-0.1, -0.05) is 41.9 Å². The molecule has 0 bridgehead atoms. The Balaban J connectivity index is 1.80. The van der Waals surface area contributed by atoms with Crippen LogP contribution in [0, 0.1) is 6.92 Å². The summed E-state index contributed by atoms with van der Waals surface area (Å²) in [4.78, 5) is 29.8. The van der Waals surface area contributed by atoms with E-state index in [0.717, 1.165) is 12.2 Å². The molecule has 0 saturated carbocycles. The number of aliphatic hydroxyl groups is 1. The van der Waals surface area contributed by atoms with Crippen molar-refractivity contribution in [3.63, 3.8) is 0 Å². The maximum atomic E-state index is 13.2. The second-order valence-corrected chi connectivity index (χ2v) is 9.03. The Hall–Kier alpha value is -3.42. The van der Waals surface area contributed by atoms with Gasteiger partial charge in [0.2, 0.25) is 0 Å². The van der Waals surface area contributed by atoms with Crippen LogP contribution in [-0.2, 0) is 9.59 Å². The topological polar surface area (TPSA) is 78.7 Å². The van der Waals surface area contributed by atoms with Gasteiger partial charge in [0.05, 0.1) is 34.8 Å². The summed E-state index contributed by atoms with van der Waals surface area (Å²) in [6, 6.07) is 15.8. The van der Waals surface area contributed by atoms with Gasteiger partial charge in [0, 0.05) is 11.6 Å². The molecule has 0 aliphatic carbocycles. The molecule has 1 amide bonds. The number of likely N-dealkylation sites (tertiary alicyclic amines) is 1. The van der Waals surface area contributed by atoms with Crippen molar-refractivity contribution in [2.45, 2.75) is 19.4 Å². The van der Waals surface area contributed by atoms with Crippen LogP contribution in [0.25, 0.3) is 11.4 Å². The molecule has 1 aromatic heterocycles. The summed E-state index contributed by atoms with van der Waals surface area (Å²) >= 11 is 6.08. The molecule has 1 atom stereocenters. The van der Waals surface area contributed by atoms with Gasteiger partial charge in [0.25, 0.3) is 11.7 Å². The Morgan fingerprint density at radius 3 is 2.41 bits per heavy atom. The summed E-state index contributed by atoms with van der Waals surface area (Å²) in [5, 5.41) is 16.3. The zero-order valence-corrected chi connectivity index (χ0v) is 20.2. The highest BCUT2D eigenvalue weighted by Crippen LogP contribution is 2.40. The SMILES string of the molecule is Cc1c(/C(O)=C2\C(=O)C(=O)N(CCCN(C)C)[C@@H]2c2ccc(Cl)cc2)cnn1-c1ccccc1. The average molecular weight is 479 g/mol. The van der Waals surface area contributed by atoms with Gasteiger partial charge in [0.1, 0.15) is 5.76 Å². The molecular formula is C26H27ClN4O3. The Labute approximate surface area is 203 Å². The first-order chi connectivity index (χ1) is 16.3. The van der Waals surface area contributed by atoms with E-state index >= 15 is 0 Å². The molecule has 4 rings (SSSR count). The van der Waals surface area contributed by atoms with Crippen LogP contribution in [0.3, 0.4) is 0 Å². The number of nitrogens with zero attached hydrogens (tertiary/aromatic N) is 4. The first-order valence-electron chi connectivity index (χ1n) is 11.1. The van der Waals surface area contributed by atoms with Gasteiger partial charge in [-0.2, -0.15) is 5.10 Å². The lowest BCUT2D eigenvalue weighted by atomic mass is 9.95. The second-order valence-electron chi connectivity index (χ2n) is 8.59. The number of aromatic nitrogens is 2. The molecule has 8 heteroatoms. The minimum absolute atomic E-state index is 0.0629. The van der Waals surface area contributed by atoms with Gasteiger partial charge in [-0.05, 0) is 63.8 Å². The number of Topliss-reactive ketones (excluding diaryl/α,β-unsaturated/α-hetero) is 1. The van der Waals surface area contributed by atoms with Gasteiger partial charge < -0.3 is 14.9 Å². The van der Waals surface area contributed by atoms with Gasteiger partial charge in [-0.25, -0.2) is 4.68 Å². The molecule has 176 valence electrons. The number of para-hydroxylation sites is 1. The molecule has 0 spiro atoms. The monoisotopic (exact) mass is 478 g/mol. The molecule has 1 N–H and O–H groups in total. The predicted octanol–water partition coefficient (Wildman–Crippen LogP) is 4.21. The van der Waals surface area contributed by atoms with E-state index in [4.69, 9.17) is 11.6 Å². The Morgan fingerprint density at radius 2 is 1.76 bits per heavy atom. The van der Waals surface area contributed by atoms with Crippen molar-refractivity contribution in [2.24, 2.45) is 0 Å². The highest BCUT2D eigenvalue weighted by molar-refractivity contribution is 6.46. The molecule has 2 heterocycles. The second kappa shape index (κ2) is 9.83. The molecule has 1 aliphatic heterocycles. The molecule has 3 aromatic rings. The van der Waals surface area contributed by atoms with Crippen LogP contribution < -0.4 is 0 Å². The van der Waals surface area contributed by atoms with E-state index in [0.29, 0.717) is 34.8 Å². The largest absolute Gasteiger partial charge is 0.507 e. The minimum atomic E-state index is -0.709. The number of carbonyl (C=O) groups excluding carboxylic acids is 2. The number of rotatable bonds is 7. The number of ketones is 1. The average Bonchev–Trinajstić information content (AvgIpc) is 3.32. The Morgan fingerprint density at radius 1 is 1.09 bits per heavy atom. The smallest absolute Gasteiger partial charge is 0.295 e. The fourth-order valence-corrected chi connectivity index (χ4v) is 4.40. The molecule has 2 aromatic carbocycles. The van der Waals surface area contributed by atoms with Crippen LogP contribution in [-0.4, -0.2) is 63.6 Å². The maximum absolute atomic E-state index is 13.2. The van der Waals surface area contributed by atoms with Crippen LogP contribution in [0.5, 0.6) is 0 Å². The van der Waals surface area contributed by atoms with Gasteiger partial charge >= 0.3 is 0 Å². The normalized spacial score (nSPS) is 17.7. The van der Waals surface area contributed by atoms with Crippen LogP contribution in [0.4, 0.5) is 0 Å². The zero-order chi connectivity index (χ0) is 24.4. The molecule has 0 radical (unpaired) electrons. The number of benzene rings is 2. The number of amides is 1. The van der Waals surface area contributed by atoms with Crippen molar-refractivity contribution in [1.82, 2.24) is 19.6 Å². The van der Waals surface area contributed by atoms with Crippen LogP contribution in [0.2, 0.25) is 5.02 Å². The summed E-state index contributed by atoms with van der Waals surface area (Å²) < 4.78 is 1.69. The summed E-state index contributed by atoms with van der Waals surface area (Å²) in [6.45, 7) is 2.97. The predicted molar refractivity (Wildman–Crippen MR) is 132 cm³/mol. The number of carbonyl (C=O) groups is 2. The van der Waals surface area contributed by atoms with E-state index < -0.39 is 17.7 Å². The van der Waals surface area contributed by atoms with Gasteiger partial charge in [-0.3, -0.25) is 9.59 Å². The Kier molecular flexibility index (Phi) is 6.86. The lowest BCUT2D eigenvalue weighted by molar-refractivity contribution is -0.139. The molecular weight excluding hydrogens is 452 g/mol. The third kappa shape index (κ3) is 4.49. The molecule has 0 unspecified atom stereocenters. The fraction of sp³-hybridized carbons (Fsp3) is 0.269. The summed E-state index contributed by atoms with van der Waals surface area (Å²) in [5.41, 5.74) is 2.68. The molecule has 7 nitrogen and oxygen atoms in total. The van der Waals surface area contributed by atoms with Crippen molar-refractivity contribution in [1.29, 1.82) is 0 Å². The third-order valence-electron chi connectivity index (χ3n) is 6.00. The van der Waals surface area contributed by atoms with Crippen LogP contribution in [0.1, 0.15) is 29.3 Å². The Bertz CT molecular complexity index is 1230. The van der Waals surface area contributed by atoms with Gasteiger partial charge in [0.15, 0.2) is 0 Å². The third-order valence-corrected chi connectivity index (χ3v) is 6.25. The summed E-state index contributed by atoms with van der Waals surface area (Å²) in [6.07, 6.45) is 2.21. The van der Waals surface area contributed by atoms with E-state index in [-0.39, 0.29) is 11.3 Å². The van der Waals surface area contributed by atoms with Crippen molar-refractivity contribution in [3.8, 4) is 5.69 Å². The van der Waals surface area contributed by atoms with Crippen LogP contribution in [0.15, 0.2) is 66.4 Å². The molecule has 1 aliphatic rings. The quantitative estimate of drug-likeness (QED) is 0.312. The minimum Gasteiger partial charge on any atom is -0.507 e. The zero-order valence-electron chi connectivity index (χ0n) is 19.4.